The number of nitrogens with two attached hydrogens (primary N) is 1. The van der Waals surface area contributed by atoms with Gasteiger partial charge in [0.05, 0.1) is 17.8 Å². The number of nitrogens with zero attached hydrogens (tertiary/aromatic N) is 1. The number of hydrogen-bond donors (Lipinski definition) is 2. The second kappa shape index (κ2) is 11.9. The molecule has 1 rings (SSSR count). The Bertz CT molecular complexity index is 698. The number of unbranched alkanes of at least 4 members (excludes halogenated alkanes) is 2. The summed E-state index contributed by atoms with van der Waals surface area (Å²) in [6, 6.07) is 6.04. The molecule has 0 heterocycles. The molecular formula is C25H46N2O3Si. The highest BCUT2D eigenvalue weighted by Gasteiger charge is 2.36. The zero-order valence-electron chi connectivity index (χ0n) is 21.1. The summed E-state index contributed by atoms with van der Waals surface area (Å²) >= 11 is 0. The highest BCUT2D eigenvalue weighted by molar-refractivity contribution is 6.74. The van der Waals surface area contributed by atoms with E-state index >= 15 is 0 Å². The van der Waals surface area contributed by atoms with E-state index in [0.29, 0.717) is 5.92 Å². The van der Waals surface area contributed by atoms with E-state index in [2.05, 4.69) is 58.7 Å². The molecule has 0 aliphatic rings. The van der Waals surface area contributed by atoms with Crippen molar-refractivity contribution in [2.45, 2.75) is 91.3 Å². The summed E-state index contributed by atoms with van der Waals surface area (Å²) in [5.41, 5.74) is 9.17. The molecule has 3 N–H and O–H groups in total. The number of rotatable bonds is 13. The van der Waals surface area contributed by atoms with E-state index in [4.69, 9.17) is 15.3 Å². The van der Waals surface area contributed by atoms with E-state index in [1.807, 2.05) is 19.1 Å². The van der Waals surface area contributed by atoms with Gasteiger partial charge in [-0.3, -0.25) is 4.79 Å². The summed E-state index contributed by atoms with van der Waals surface area (Å²) in [7, 11) is -1.66. The summed E-state index contributed by atoms with van der Waals surface area (Å²) in [5.74, 6) is -0.297. The fraction of sp³-hybridized carbons (Fsp3) is 0.720. The van der Waals surface area contributed by atoms with Crippen LogP contribution in [0.1, 0.15) is 78.7 Å². The summed E-state index contributed by atoms with van der Waals surface area (Å²) in [6.45, 7) is 20.6. The molecule has 1 aromatic rings. The maximum atomic E-state index is 11.0. The second-order valence-electron chi connectivity index (χ2n) is 10.8. The van der Waals surface area contributed by atoms with E-state index < -0.39 is 14.3 Å². The summed E-state index contributed by atoms with van der Waals surface area (Å²) in [5, 5.41) is 9.31. The van der Waals surface area contributed by atoms with Crippen molar-refractivity contribution in [3.63, 3.8) is 0 Å². The normalized spacial score (nSPS) is 13.5. The quantitative estimate of drug-likeness (QED) is 0.204. The van der Waals surface area contributed by atoms with E-state index in [1.165, 1.54) is 0 Å². The van der Waals surface area contributed by atoms with E-state index in [0.717, 1.165) is 55.9 Å². The molecular weight excluding hydrogens is 404 g/mol. The number of hydrogen-bond acceptors (Lipinski definition) is 4. The molecule has 6 heteroatoms. The van der Waals surface area contributed by atoms with Gasteiger partial charge in [-0.15, -0.1) is 0 Å². The standard InChI is InChI=1S/C25H46N2O3Si/c1-19(2)18-27(14-10-9-11-15-30-31(7,8)25(4,5)6)23-13-12-21(17-22(23)26)20(3)16-24(28)29/h12-13,17,19-20H,9-11,14-16,18,26H2,1-8H3,(H,28,29)/t20-/m1/s1. The lowest BCUT2D eigenvalue weighted by Crippen LogP contribution is -2.40. The van der Waals surface area contributed by atoms with Crippen LogP contribution in [0.2, 0.25) is 18.1 Å². The minimum absolute atomic E-state index is 0.0479. The first-order valence-corrected chi connectivity index (χ1v) is 14.7. The first-order valence-electron chi connectivity index (χ1n) is 11.7. The number of nitrogen functional groups attached to an aromatic ring is 1. The molecule has 1 atom stereocenters. The van der Waals surface area contributed by atoms with Crippen LogP contribution in [0, 0.1) is 5.92 Å². The van der Waals surface area contributed by atoms with Crippen LogP contribution in [-0.2, 0) is 9.22 Å². The van der Waals surface area contributed by atoms with Gasteiger partial charge in [-0.2, -0.15) is 0 Å². The summed E-state index contributed by atoms with van der Waals surface area (Å²) in [6.07, 6.45) is 3.44. The molecule has 0 unspecified atom stereocenters. The number of carboxylic acid groups (broad SMARTS) is 1. The number of anilines is 2. The minimum Gasteiger partial charge on any atom is -0.481 e. The Kier molecular flexibility index (Phi) is 10.6. The molecule has 0 saturated heterocycles. The van der Waals surface area contributed by atoms with Crippen LogP contribution < -0.4 is 10.6 Å². The third kappa shape index (κ3) is 9.24. The molecule has 0 bridgehead atoms. The summed E-state index contributed by atoms with van der Waals surface area (Å²) in [4.78, 5) is 13.4. The Hall–Kier alpha value is -1.53. The van der Waals surface area contributed by atoms with Crippen LogP contribution in [0.4, 0.5) is 11.4 Å². The van der Waals surface area contributed by atoms with Crippen LogP contribution in [0.5, 0.6) is 0 Å². The van der Waals surface area contributed by atoms with Gasteiger partial charge in [-0.25, -0.2) is 0 Å². The van der Waals surface area contributed by atoms with Gasteiger partial charge in [0.1, 0.15) is 0 Å². The smallest absolute Gasteiger partial charge is 0.303 e. The van der Waals surface area contributed by atoms with Gasteiger partial charge in [-0.1, -0.05) is 47.6 Å². The predicted octanol–water partition coefficient (Wildman–Crippen LogP) is 6.50. The Morgan fingerprint density at radius 2 is 1.81 bits per heavy atom. The third-order valence-corrected chi connectivity index (χ3v) is 10.9. The number of carbonyl (C=O) groups is 1. The van der Waals surface area contributed by atoms with Crippen molar-refractivity contribution in [1.29, 1.82) is 0 Å². The fourth-order valence-electron chi connectivity index (χ4n) is 3.42. The van der Waals surface area contributed by atoms with Crippen LogP contribution in [0.15, 0.2) is 18.2 Å². The van der Waals surface area contributed by atoms with Gasteiger partial charge in [0.25, 0.3) is 0 Å². The monoisotopic (exact) mass is 450 g/mol. The highest BCUT2D eigenvalue weighted by Crippen LogP contribution is 2.36. The van der Waals surface area contributed by atoms with Crippen LogP contribution in [-0.4, -0.2) is 39.1 Å². The lowest BCUT2D eigenvalue weighted by atomic mass is 9.96. The average molecular weight is 451 g/mol. The van der Waals surface area contributed by atoms with Crippen molar-refractivity contribution >= 4 is 25.7 Å². The molecule has 0 amide bonds. The first kappa shape index (κ1) is 27.5. The maximum Gasteiger partial charge on any atom is 0.303 e. The predicted molar refractivity (Wildman–Crippen MR) is 136 cm³/mol. The van der Waals surface area contributed by atoms with Crippen molar-refractivity contribution in [2.24, 2.45) is 5.92 Å². The van der Waals surface area contributed by atoms with Gasteiger partial charge >= 0.3 is 5.97 Å². The Labute approximate surface area is 191 Å². The lowest BCUT2D eigenvalue weighted by molar-refractivity contribution is -0.137. The molecule has 0 saturated carbocycles. The van der Waals surface area contributed by atoms with Crippen LogP contribution in [0.3, 0.4) is 0 Å². The first-order chi connectivity index (χ1) is 14.2. The Balaban J connectivity index is 2.66. The highest BCUT2D eigenvalue weighted by atomic mass is 28.4. The van der Waals surface area contributed by atoms with Gasteiger partial charge < -0.3 is 20.2 Å². The SMILES string of the molecule is CC(C)CN(CCCCCO[Si](C)(C)C(C)(C)C)c1ccc([C@H](C)CC(=O)O)cc1N. The topological polar surface area (TPSA) is 75.8 Å². The molecule has 0 radical (unpaired) electrons. The van der Waals surface area contributed by atoms with Crippen molar-refractivity contribution in [3.05, 3.63) is 23.8 Å². The largest absolute Gasteiger partial charge is 0.481 e. The van der Waals surface area contributed by atoms with Crippen molar-refractivity contribution in [1.82, 2.24) is 0 Å². The molecule has 0 aliphatic carbocycles. The maximum absolute atomic E-state index is 11.0. The molecule has 0 aliphatic heterocycles. The van der Waals surface area contributed by atoms with Crippen LogP contribution >= 0.6 is 0 Å². The van der Waals surface area contributed by atoms with E-state index in [9.17, 15) is 4.79 Å². The van der Waals surface area contributed by atoms with Crippen molar-refractivity contribution in [3.8, 4) is 0 Å². The Morgan fingerprint density at radius 1 is 1.16 bits per heavy atom. The molecule has 0 spiro atoms. The number of benzene rings is 1. The van der Waals surface area contributed by atoms with Gasteiger partial charge in [0, 0.05) is 19.7 Å². The minimum atomic E-state index is -1.66. The molecule has 1 aromatic carbocycles. The van der Waals surface area contributed by atoms with Gasteiger partial charge in [0.2, 0.25) is 0 Å². The fourth-order valence-corrected chi connectivity index (χ4v) is 4.51. The van der Waals surface area contributed by atoms with Gasteiger partial charge in [-0.05, 0) is 66.9 Å². The van der Waals surface area contributed by atoms with Gasteiger partial charge in [0.15, 0.2) is 8.32 Å². The number of aliphatic carboxylic acids is 1. The van der Waals surface area contributed by atoms with Crippen molar-refractivity contribution in [2.75, 3.05) is 30.3 Å². The second-order valence-corrected chi connectivity index (χ2v) is 15.6. The lowest BCUT2D eigenvalue weighted by Gasteiger charge is -2.36. The van der Waals surface area contributed by atoms with Crippen molar-refractivity contribution < 1.29 is 14.3 Å². The Morgan fingerprint density at radius 3 is 2.32 bits per heavy atom. The summed E-state index contributed by atoms with van der Waals surface area (Å²) < 4.78 is 6.30. The zero-order chi connectivity index (χ0) is 23.8. The number of carboxylic acids is 1. The van der Waals surface area contributed by atoms with E-state index in [1.54, 1.807) is 0 Å². The van der Waals surface area contributed by atoms with E-state index in [-0.39, 0.29) is 17.4 Å². The third-order valence-electron chi connectivity index (χ3n) is 6.37. The molecule has 31 heavy (non-hydrogen) atoms. The molecule has 0 fully saturated rings. The molecule has 5 nitrogen and oxygen atoms in total. The molecule has 178 valence electrons. The average Bonchev–Trinajstić information content (AvgIpc) is 2.61. The zero-order valence-corrected chi connectivity index (χ0v) is 22.1. The van der Waals surface area contributed by atoms with Crippen LogP contribution in [0.25, 0.3) is 0 Å². The molecule has 0 aromatic heterocycles.